The van der Waals surface area contributed by atoms with E-state index in [1.54, 1.807) is 0 Å². The van der Waals surface area contributed by atoms with Gasteiger partial charge in [0, 0.05) is 13.2 Å². The lowest BCUT2D eigenvalue weighted by Gasteiger charge is -2.48. The Morgan fingerprint density at radius 2 is 1.87 bits per heavy atom. The van der Waals surface area contributed by atoms with Crippen LogP contribution in [0.4, 0.5) is 0 Å². The summed E-state index contributed by atoms with van der Waals surface area (Å²) < 4.78 is 5.50. The van der Waals surface area contributed by atoms with Crippen LogP contribution in [0.2, 0.25) is 0 Å². The average Bonchev–Trinajstić information content (AvgIpc) is 2.19. The molecule has 2 saturated heterocycles. The van der Waals surface area contributed by atoms with Crippen molar-refractivity contribution in [2.75, 3.05) is 26.3 Å². The molecule has 15 heavy (non-hydrogen) atoms. The number of hydrogen-bond donors (Lipinski definition) is 1. The summed E-state index contributed by atoms with van der Waals surface area (Å²) in [5.41, 5.74) is 0.609. The van der Waals surface area contributed by atoms with Crippen LogP contribution >= 0.6 is 12.4 Å². The molecule has 0 radical (unpaired) electrons. The molecule has 3 heteroatoms. The van der Waals surface area contributed by atoms with Crippen LogP contribution in [-0.4, -0.2) is 26.3 Å². The van der Waals surface area contributed by atoms with Crippen LogP contribution < -0.4 is 5.32 Å². The van der Waals surface area contributed by atoms with E-state index in [-0.39, 0.29) is 12.4 Å². The summed E-state index contributed by atoms with van der Waals surface area (Å²) in [6.45, 7) is 9.15. The van der Waals surface area contributed by atoms with Crippen molar-refractivity contribution in [3.05, 3.63) is 0 Å². The van der Waals surface area contributed by atoms with Crippen LogP contribution in [0, 0.1) is 17.3 Å². The van der Waals surface area contributed by atoms with Crippen LogP contribution in [0.1, 0.15) is 33.1 Å². The third-order valence-electron chi connectivity index (χ3n) is 4.24. The number of piperidine rings is 1. The zero-order chi connectivity index (χ0) is 10.0. The van der Waals surface area contributed by atoms with Crippen LogP contribution in [0.25, 0.3) is 0 Å². The third-order valence-corrected chi connectivity index (χ3v) is 4.24. The largest absolute Gasteiger partial charge is 0.381 e. The Hall–Kier alpha value is 0.210. The molecule has 0 aromatic rings. The number of hydrogen-bond acceptors (Lipinski definition) is 2. The van der Waals surface area contributed by atoms with Gasteiger partial charge in [-0.1, -0.05) is 13.8 Å². The molecule has 0 aliphatic carbocycles. The molecule has 1 N–H and O–H groups in total. The number of ether oxygens (including phenoxy) is 1. The van der Waals surface area contributed by atoms with Crippen molar-refractivity contribution in [3.8, 4) is 0 Å². The first-order valence-electron chi connectivity index (χ1n) is 6.03. The van der Waals surface area contributed by atoms with Crippen molar-refractivity contribution < 1.29 is 4.74 Å². The lowest BCUT2D eigenvalue weighted by Crippen LogP contribution is -2.49. The van der Waals surface area contributed by atoms with Gasteiger partial charge in [0.15, 0.2) is 0 Å². The van der Waals surface area contributed by atoms with Gasteiger partial charge in [-0.05, 0) is 49.6 Å². The molecule has 2 aliphatic heterocycles. The van der Waals surface area contributed by atoms with Gasteiger partial charge in [0.2, 0.25) is 0 Å². The Bertz CT molecular complexity index is 182. The lowest BCUT2D eigenvalue weighted by atomic mass is 9.62. The Labute approximate surface area is 99.6 Å². The van der Waals surface area contributed by atoms with Gasteiger partial charge in [-0.3, -0.25) is 0 Å². The van der Waals surface area contributed by atoms with E-state index in [1.807, 2.05) is 0 Å². The number of rotatable bonds is 1. The molecule has 90 valence electrons. The first-order valence-corrected chi connectivity index (χ1v) is 6.03. The summed E-state index contributed by atoms with van der Waals surface area (Å²) in [7, 11) is 0. The van der Waals surface area contributed by atoms with Crippen molar-refractivity contribution >= 4 is 12.4 Å². The predicted octanol–water partition coefficient (Wildman–Crippen LogP) is 2.47. The summed E-state index contributed by atoms with van der Waals surface area (Å²) >= 11 is 0. The highest BCUT2D eigenvalue weighted by molar-refractivity contribution is 5.85. The Morgan fingerprint density at radius 1 is 1.20 bits per heavy atom. The minimum Gasteiger partial charge on any atom is -0.381 e. The number of halogens is 1. The first-order chi connectivity index (χ1) is 6.75. The lowest BCUT2D eigenvalue weighted by molar-refractivity contribution is -0.0470. The molecule has 1 spiro atoms. The fourth-order valence-electron chi connectivity index (χ4n) is 3.34. The van der Waals surface area contributed by atoms with Gasteiger partial charge < -0.3 is 10.1 Å². The number of nitrogens with one attached hydrogen (secondary N) is 1. The van der Waals surface area contributed by atoms with E-state index in [4.69, 9.17) is 4.74 Å². The van der Waals surface area contributed by atoms with E-state index in [9.17, 15) is 0 Å². The summed E-state index contributed by atoms with van der Waals surface area (Å²) in [4.78, 5) is 0. The van der Waals surface area contributed by atoms with Crippen molar-refractivity contribution in [2.45, 2.75) is 33.1 Å². The highest BCUT2D eigenvalue weighted by atomic mass is 35.5. The Morgan fingerprint density at radius 3 is 2.47 bits per heavy atom. The molecule has 0 bridgehead atoms. The smallest absolute Gasteiger partial charge is 0.0471 e. The van der Waals surface area contributed by atoms with Crippen LogP contribution in [0.15, 0.2) is 0 Å². The van der Waals surface area contributed by atoms with Gasteiger partial charge in [0.25, 0.3) is 0 Å². The molecule has 0 saturated carbocycles. The second-order valence-corrected chi connectivity index (χ2v) is 5.28. The van der Waals surface area contributed by atoms with Gasteiger partial charge in [0.05, 0.1) is 0 Å². The van der Waals surface area contributed by atoms with Crippen LogP contribution in [-0.2, 0) is 4.74 Å². The van der Waals surface area contributed by atoms with Gasteiger partial charge in [0.1, 0.15) is 0 Å². The minimum atomic E-state index is 0. The maximum atomic E-state index is 5.50. The maximum Gasteiger partial charge on any atom is 0.0471 e. The Balaban J connectivity index is 0.00000112. The SMILES string of the molecule is CC(C)C1CNCCC12CCOCC2.Cl. The summed E-state index contributed by atoms with van der Waals surface area (Å²) in [5.74, 6) is 1.67. The minimum absolute atomic E-state index is 0. The van der Waals surface area contributed by atoms with E-state index >= 15 is 0 Å². The molecule has 1 atom stereocenters. The molecule has 2 rings (SSSR count). The van der Waals surface area contributed by atoms with Gasteiger partial charge in [-0.25, -0.2) is 0 Å². The standard InChI is InChI=1S/C12H23NO.ClH/c1-10(2)11-9-13-6-3-12(11)4-7-14-8-5-12;/h10-11,13H,3-9H2,1-2H3;1H. The average molecular weight is 234 g/mol. The zero-order valence-electron chi connectivity index (χ0n) is 9.92. The molecule has 2 fully saturated rings. The highest BCUT2D eigenvalue weighted by Crippen LogP contribution is 2.45. The molecule has 2 aliphatic rings. The molecule has 0 aromatic carbocycles. The summed E-state index contributed by atoms with van der Waals surface area (Å²) in [5, 5.41) is 3.55. The van der Waals surface area contributed by atoms with Crippen molar-refractivity contribution in [3.63, 3.8) is 0 Å². The molecule has 2 nitrogen and oxygen atoms in total. The molecule has 0 aromatic heterocycles. The fourth-order valence-corrected chi connectivity index (χ4v) is 3.34. The van der Waals surface area contributed by atoms with E-state index in [2.05, 4.69) is 19.2 Å². The van der Waals surface area contributed by atoms with Crippen molar-refractivity contribution in [1.82, 2.24) is 5.32 Å². The zero-order valence-corrected chi connectivity index (χ0v) is 10.7. The Kier molecular flexibility index (Phi) is 4.88. The van der Waals surface area contributed by atoms with E-state index < -0.39 is 0 Å². The molecular weight excluding hydrogens is 210 g/mol. The van der Waals surface area contributed by atoms with E-state index in [0.717, 1.165) is 25.0 Å². The van der Waals surface area contributed by atoms with Gasteiger partial charge in [-0.2, -0.15) is 0 Å². The second-order valence-electron chi connectivity index (χ2n) is 5.28. The fraction of sp³-hybridized carbons (Fsp3) is 1.00. The van der Waals surface area contributed by atoms with Gasteiger partial charge >= 0.3 is 0 Å². The predicted molar refractivity (Wildman–Crippen MR) is 65.5 cm³/mol. The summed E-state index contributed by atoms with van der Waals surface area (Å²) in [6, 6.07) is 0. The third kappa shape index (κ3) is 2.66. The molecule has 1 unspecified atom stereocenters. The summed E-state index contributed by atoms with van der Waals surface area (Å²) in [6.07, 6.45) is 3.94. The second kappa shape index (κ2) is 5.51. The van der Waals surface area contributed by atoms with E-state index in [1.165, 1.54) is 32.4 Å². The topological polar surface area (TPSA) is 21.3 Å². The van der Waals surface area contributed by atoms with Gasteiger partial charge in [-0.15, -0.1) is 12.4 Å². The van der Waals surface area contributed by atoms with Crippen LogP contribution in [0.3, 0.4) is 0 Å². The molecular formula is C12H24ClNO. The normalized spacial score (nSPS) is 30.2. The van der Waals surface area contributed by atoms with Crippen molar-refractivity contribution in [2.24, 2.45) is 17.3 Å². The molecule has 0 amide bonds. The van der Waals surface area contributed by atoms with Crippen LogP contribution in [0.5, 0.6) is 0 Å². The van der Waals surface area contributed by atoms with Crippen molar-refractivity contribution in [1.29, 1.82) is 0 Å². The maximum absolute atomic E-state index is 5.50. The highest BCUT2D eigenvalue weighted by Gasteiger charge is 2.42. The molecule has 2 heterocycles. The van der Waals surface area contributed by atoms with E-state index in [0.29, 0.717) is 5.41 Å². The first kappa shape index (κ1) is 13.3. The monoisotopic (exact) mass is 233 g/mol. The quantitative estimate of drug-likeness (QED) is 0.752.